The zero-order valence-electron chi connectivity index (χ0n) is 14.1. The van der Waals surface area contributed by atoms with E-state index >= 15 is 0 Å². The smallest absolute Gasteiger partial charge is 0.118 e. The maximum atomic E-state index is 5.84. The highest BCUT2D eigenvalue weighted by molar-refractivity contribution is 5.20. The molecule has 4 nitrogen and oxygen atoms in total. The highest BCUT2D eigenvalue weighted by atomic mass is 16.3. The first-order valence-corrected chi connectivity index (χ1v) is 8.35. The Kier molecular flexibility index (Phi) is 6.27. The second-order valence-electron chi connectivity index (χ2n) is 6.16. The third kappa shape index (κ3) is 4.56. The van der Waals surface area contributed by atoms with Crippen molar-refractivity contribution in [1.82, 2.24) is 15.1 Å². The minimum absolute atomic E-state index is 0.708. The van der Waals surface area contributed by atoms with E-state index in [0.717, 1.165) is 31.2 Å². The number of likely N-dealkylation sites (tertiary alicyclic amines) is 1. The Labute approximate surface area is 129 Å². The molecule has 0 aromatic carbocycles. The Morgan fingerprint density at radius 2 is 2.05 bits per heavy atom. The van der Waals surface area contributed by atoms with Crippen LogP contribution < -0.4 is 5.32 Å². The quantitative estimate of drug-likeness (QED) is 0.837. The Morgan fingerprint density at radius 3 is 2.67 bits per heavy atom. The summed E-state index contributed by atoms with van der Waals surface area (Å²) < 4.78 is 5.84. The normalized spacial score (nSPS) is 17.8. The lowest BCUT2D eigenvalue weighted by Gasteiger charge is -2.36. The molecule has 1 aliphatic rings. The molecule has 0 unspecified atom stereocenters. The van der Waals surface area contributed by atoms with Crippen molar-refractivity contribution in [1.29, 1.82) is 0 Å². The molecule has 120 valence electrons. The molecule has 21 heavy (non-hydrogen) atoms. The zero-order chi connectivity index (χ0) is 15.2. The summed E-state index contributed by atoms with van der Waals surface area (Å²) in [5.41, 5.74) is 1.34. The summed E-state index contributed by atoms with van der Waals surface area (Å²) in [7, 11) is 2.25. The summed E-state index contributed by atoms with van der Waals surface area (Å²) in [6.45, 7) is 12.9. The Morgan fingerprint density at radius 1 is 1.33 bits per heavy atom. The molecule has 4 heteroatoms. The topological polar surface area (TPSA) is 31.6 Å². The molecule has 2 rings (SSSR count). The highest BCUT2D eigenvalue weighted by Gasteiger charge is 2.22. The molecule has 1 N–H and O–H groups in total. The van der Waals surface area contributed by atoms with Gasteiger partial charge in [-0.05, 0) is 59.1 Å². The minimum atomic E-state index is 0.708. The molecule has 0 atom stereocenters. The standard InChI is InChI=1S/C17H31N3O/c1-5-18-12-17-11-15(14(3)21-17)13-19(4)16-7-9-20(6-2)10-8-16/h11,16,18H,5-10,12-13H2,1-4H3. The molecule has 1 fully saturated rings. The van der Waals surface area contributed by atoms with Gasteiger partial charge in [-0.3, -0.25) is 4.90 Å². The molecular formula is C17H31N3O. The number of rotatable bonds is 7. The van der Waals surface area contributed by atoms with Crippen LogP contribution in [0.4, 0.5) is 0 Å². The number of aryl methyl sites for hydroxylation is 1. The molecule has 0 aliphatic carbocycles. The van der Waals surface area contributed by atoms with E-state index in [1.165, 1.54) is 38.0 Å². The van der Waals surface area contributed by atoms with E-state index in [9.17, 15) is 0 Å². The van der Waals surface area contributed by atoms with Gasteiger partial charge in [-0.25, -0.2) is 0 Å². The zero-order valence-corrected chi connectivity index (χ0v) is 14.1. The first-order chi connectivity index (χ1) is 10.1. The van der Waals surface area contributed by atoms with E-state index in [1.807, 2.05) is 0 Å². The lowest BCUT2D eigenvalue weighted by molar-refractivity contribution is 0.126. The van der Waals surface area contributed by atoms with Gasteiger partial charge < -0.3 is 14.6 Å². The minimum Gasteiger partial charge on any atom is -0.465 e. The number of piperidine rings is 1. The van der Waals surface area contributed by atoms with Crippen molar-refractivity contribution in [2.45, 2.75) is 52.7 Å². The van der Waals surface area contributed by atoms with Crippen LogP contribution in [0.15, 0.2) is 10.5 Å². The fourth-order valence-corrected chi connectivity index (χ4v) is 3.15. The van der Waals surface area contributed by atoms with E-state index in [2.05, 4.69) is 49.0 Å². The highest BCUT2D eigenvalue weighted by Crippen LogP contribution is 2.21. The monoisotopic (exact) mass is 293 g/mol. The van der Waals surface area contributed by atoms with Crippen LogP contribution in [-0.2, 0) is 13.1 Å². The van der Waals surface area contributed by atoms with Crippen LogP contribution in [0.5, 0.6) is 0 Å². The SMILES string of the molecule is CCNCc1cc(CN(C)C2CCN(CC)CC2)c(C)o1. The van der Waals surface area contributed by atoms with Gasteiger partial charge in [0.25, 0.3) is 0 Å². The Hall–Kier alpha value is -0.840. The molecule has 0 radical (unpaired) electrons. The van der Waals surface area contributed by atoms with E-state index in [1.54, 1.807) is 0 Å². The van der Waals surface area contributed by atoms with E-state index in [0.29, 0.717) is 6.04 Å². The third-order valence-corrected chi connectivity index (χ3v) is 4.67. The van der Waals surface area contributed by atoms with Crippen molar-refractivity contribution in [2.24, 2.45) is 0 Å². The van der Waals surface area contributed by atoms with Crippen molar-refractivity contribution < 1.29 is 4.42 Å². The van der Waals surface area contributed by atoms with Crippen LogP contribution in [-0.4, -0.2) is 49.1 Å². The maximum Gasteiger partial charge on any atom is 0.118 e. The largest absolute Gasteiger partial charge is 0.465 e. The van der Waals surface area contributed by atoms with Crippen molar-refractivity contribution in [3.05, 3.63) is 23.2 Å². The van der Waals surface area contributed by atoms with Gasteiger partial charge in [-0.2, -0.15) is 0 Å². The second kappa shape index (κ2) is 7.97. The predicted octanol–water partition coefficient (Wildman–Crippen LogP) is 2.61. The van der Waals surface area contributed by atoms with Crippen molar-refractivity contribution in [2.75, 3.05) is 33.2 Å². The summed E-state index contributed by atoms with van der Waals surface area (Å²) in [6.07, 6.45) is 2.57. The van der Waals surface area contributed by atoms with Crippen LogP contribution in [0, 0.1) is 6.92 Å². The van der Waals surface area contributed by atoms with Crippen LogP contribution in [0.3, 0.4) is 0 Å². The Balaban J connectivity index is 1.87. The molecular weight excluding hydrogens is 262 g/mol. The third-order valence-electron chi connectivity index (χ3n) is 4.67. The summed E-state index contributed by atoms with van der Waals surface area (Å²) in [4.78, 5) is 5.05. The summed E-state index contributed by atoms with van der Waals surface area (Å²) >= 11 is 0. The number of hydrogen-bond donors (Lipinski definition) is 1. The lowest BCUT2D eigenvalue weighted by atomic mass is 10.0. The molecule has 0 saturated carbocycles. The summed E-state index contributed by atoms with van der Waals surface area (Å²) in [6, 6.07) is 2.93. The molecule has 0 bridgehead atoms. The van der Waals surface area contributed by atoms with Crippen molar-refractivity contribution >= 4 is 0 Å². The van der Waals surface area contributed by atoms with Gasteiger partial charge in [0.1, 0.15) is 11.5 Å². The molecule has 0 spiro atoms. The fraction of sp³-hybridized carbons (Fsp3) is 0.765. The van der Waals surface area contributed by atoms with Crippen molar-refractivity contribution in [3.8, 4) is 0 Å². The van der Waals surface area contributed by atoms with Crippen LogP contribution >= 0.6 is 0 Å². The van der Waals surface area contributed by atoms with Crippen LogP contribution in [0.25, 0.3) is 0 Å². The van der Waals surface area contributed by atoms with E-state index < -0.39 is 0 Å². The average molecular weight is 293 g/mol. The van der Waals surface area contributed by atoms with Gasteiger partial charge in [-0.15, -0.1) is 0 Å². The first kappa shape index (κ1) is 16.5. The molecule has 1 aromatic heterocycles. The predicted molar refractivity (Wildman–Crippen MR) is 87.4 cm³/mol. The van der Waals surface area contributed by atoms with Crippen LogP contribution in [0.2, 0.25) is 0 Å². The second-order valence-corrected chi connectivity index (χ2v) is 6.16. The van der Waals surface area contributed by atoms with Crippen LogP contribution in [0.1, 0.15) is 43.8 Å². The Bertz CT molecular complexity index is 422. The van der Waals surface area contributed by atoms with Crippen molar-refractivity contribution in [3.63, 3.8) is 0 Å². The van der Waals surface area contributed by atoms with Gasteiger partial charge in [0.2, 0.25) is 0 Å². The maximum absolute atomic E-state index is 5.84. The molecule has 1 saturated heterocycles. The number of furan rings is 1. The van der Waals surface area contributed by atoms with Gasteiger partial charge in [0.05, 0.1) is 6.54 Å². The van der Waals surface area contributed by atoms with E-state index in [-0.39, 0.29) is 0 Å². The lowest BCUT2D eigenvalue weighted by Crippen LogP contribution is -2.42. The van der Waals surface area contributed by atoms with Gasteiger partial charge in [0.15, 0.2) is 0 Å². The van der Waals surface area contributed by atoms with Gasteiger partial charge in [0, 0.05) is 18.2 Å². The van der Waals surface area contributed by atoms with E-state index in [4.69, 9.17) is 4.42 Å². The van der Waals surface area contributed by atoms with Gasteiger partial charge >= 0.3 is 0 Å². The number of nitrogens with one attached hydrogen (secondary N) is 1. The number of hydrogen-bond acceptors (Lipinski definition) is 4. The summed E-state index contributed by atoms with van der Waals surface area (Å²) in [5.74, 6) is 2.12. The fourth-order valence-electron chi connectivity index (χ4n) is 3.15. The van der Waals surface area contributed by atoms with Gasteiger partial charge in [-0.1, -0.05) is 13.8 Å². The molecule has 1 aliphatic heterocycles. The molecule has 0 amide bonds. The molecule has 1 aromatic rings. The molecule has 2 heterocycles. The number of nitrogens with zero attached hydrogens (tertiary/aromatic N) is 2. The first-order valence-electron chi connectivity index (χ1n) is 8.35. The average Bonchev–Trinajstić information content (AvgIpc) is 2.85. The summed E-state index contributed by atoms with van der Waals surface area (Å²) in [5, 5.41) is 3.32.